The highest BCUT2D eigenvalue weighted by atomic mass is 19.1. The summed E-state index contributed by atoms with van der Waals surface area (Å²) >= 11 is 0. The van der Waals surface area contributed by atoms with Crippen LogP contribution in [0.15, 0.2) is 54.6 Å². The Balaban J connectivity index is 1.49. The van der Waals surface area contributed by atoms with Gasteiger partial charge in [0.15, 0.2) is 0 Å². The molecule has 3 rings (SSSR count). The Kier molecular flexibility index (Phi) is 4.88. The van der Waals surface area contributed by atoms with Crippen LogP contribution in [-0.2, 0) is 6.54 Å². The van der Waals surface area contributed by atoms with Gasteiger partial charge >= 0.3 is 6.03 Å². The van der Waals surface area contributed by atoms with Gasteiger partial charge < -0.3 is 10.2 Å². The lowest BCUT2D eigenvalue weighted by atomic mass is 10.2. The number of nitrogens with zero attached hydrogens (tertiary/aromatic N) is 2. The van der Waals surface area contributed by atoms with Crippen molar-refractivity contribution in [2.45, 2.75) is 6.54 Å². The van der Waals surface area contributed by atoms with Crippen LogP contribution in [0.1, 0.15) is 5.56 Å². The summed E-state index contributed by atoms with van der Waals surface area (Å²) < 4.78 is 13.1. The summed E-state index contributed by atoms with van der Waals surface area (Å²) in [7, 11) is 0. The summed E-state index contributed by atoms with van der Waals surface area (Å²) in [6, 6.07) is 16.1. The van der Waals surface area contributed by atoms with Crippen LogP contribution in [-0.4, -0.2) is 42.0 Å². The third kappa shape index (κ3) is 4.29. The molecule has 1 heterocycles. The molecular formula is C18H20FN3O. The first-order valence-electron chi connectivity index (χ1n) is 7.78. The first-order chi connectivity index (χ1) is 11.2. The average molecular weight is 313 g/mol. The van der Waals surface area contributed by atoms with Crippen molar-refractivity contribution >= 4 is 11.7 Å². The predicted octanol–water partition coefficient (Wildman–Crippen LogP) is 3.18. The molecule has 0 aliphatic carbocycles. The first kappa shape index (κ1) is 15.5. The predicted molar refractivity (Wildman–Crippen MR) is 88.7 cm³/mol. The van der Waals surface area contributed by atoms with Gasteiger partial charge in [-0.2, -0.15) is 0 Å². The Labute approximate surface area is 135 Å². The van der Waals surface area contributed by atoms with Gasteiger partial charge in [0, 0.05) is 38.4 Å². The van der Waals surface area contributed by atoms with Gasteiger partial charge in [-0.3, -0.25) is 4.90 Å². The van der Waals surface area contributed by atoms with E-state index < -0.39 is 0 Å². The number of halogens is 1. The van der Waals surface area contributed by atoms with Gasteiger partial charge in [0.25, 0.3) is 0 Å². The molecule has 0 aromatic heterocycles. The topological polar surface area (TPSA) is 35.6 Å². The quantitative estimate of drug-likeness (QED) is 0.944. The third-order valence-corrected chi connectivity index (χ3v) is 3.98. The number of hydrogen-bond acceptors (Lipinski definition) is 2. The molecule has 120 valence electrons. The molecule has 0 spiro atoms. The van der Waals surface area contributed by atoms with E-state index in [-0.39, 0.29) is 11.8 Å². The lowest BCUT2D eigenvalue weighted by molar-refractivity contribution is 0.143. The molecule has 1 aliphatic rings. The number of nitrogens with one attached hydrogen (secondary N) is 1. The zero-order chi connectivity index (χ0) is 16.1. The molecule has 0 radical (unpaired) electrons. The first-order valence-corrected chi connectivity index (χ1v) is 7.78. The monoisotopic (exact) mass is 313 g/mol. The summed E-state index contributed by atoms with van der Waals surface area (Å²) in [4.78, 5) is 16.3. The Hall–Kier alpha value is -2.40. The summed E-state index contributed by atoms with van der Waals surface area (Å²) in [5.41, 5.74) is 1.77. The lowest BCUT2D eigenvalue weighted by Gasteiger charge is -2.34. The Bertz CT molecular complexity index is 654. The molecule has 0 saturated carbocycles. The average Bonchev–Trinajstić information content (AvgIpc) is 2.56. The minimum Gasteiger partial charge on any atom is -0.322 e. The van der Waals surface area contributed by atoms with Crippen LogP contribution in [0.25, 0.3) is 0 Å². The number of carbonyl (C=O) groups is 1. The van der Waals surface area contributed by atoms with Gasteiger partial charge in [-0.15, -0.1) is 0 Å². The van der Waals surface area contributed by atoms with E-state index in [0.29, 0.717) is 18.8 Å². The van der Waals surface area contributed by atoms with Crippen LogP contribution in [0.2, 0.25) is 0 Å². The van der Waals surface area contributed by atoms with Gasteiger partial charge in [0.1, 0.15) is 5.82 Å². The fourth-order valence-corrected chi connectivity index (χ4v) is 2.72. The van der Waals surface area contributed by atoms with E-state index in [1.165, 1.54) is 17.7 Å². The minimum absolute atomic E-state index is 0.171. The van der Waals surface area contributed by atoms with E-state index in [1.807, 2.05) is 18.2 Å². The highest BCUT2D eigenvalue weighted by molar-refractivity contribution is 5.89. The maximum Gasteiger partial charge on any atom is 0.321 e. The summed E-state index contributed by atoms with van der Waals surface area (Å²) in [6.07, 6.45) is 0. The minimum atomic E-state index is -0.351. The van der Waals surface area contributed by atoms with Crippen molar-refractivity contribution in [3.05, 3.63) is 66.0 Å². The number of benzene rings is 2. The van der Waals surface area contributed by atoms with Crippen LogP contribution in [0.4, 0.5) is 14.9 Å². The van der Waals surface area contributed by atoms with Crippen LogP contribution in [0.5, 0.6) is 0 Å². The maximum atomic E-state index is 13.1. The number of anilines is 1. The summed E-state index contributed by atoms with van der Waals surface area (Å²) in [5, 5.41) is 2.75. The van der Waals surface area contributed by atoms with Crippen molar-refractivity contribution in [2.24, 2.45) is 0 Å². The van der Waals surface area contributed by atoms with Crippen LogP contribution < -0.4 is 5.32 Å². The van der Waals surface area contributed by atoms with Crippen LogP contribution in [0, 0.1) is 5.82 Å². The largest absolute Gasteiger partial charge is 0.322 e. The van der Waals surface area contributed by atoms with Crippen molar-refractivity contribution in [3.63, 3.8) is 0 Å². The molecule has 1 N–H and O–H groups in total. The fourth-order valence-electron chi connectivity index (χ4n) is 2.72. The van der Waals surface area contributed by atoms with Gasteiger partial charge in [-0.05, 0) is 23.8 Å². The second kappa shape index (κ2) is 7.24. The summed E-state index contributed by atoms with van der Waals surface area (Å²) in [6.45, 7) is 3.93. The molecule has 0 bridgehead atoms. The van der Waals surface area contributed by atoms with E-state index in [4.69, 9.17) is 0 Å². The molecule has 2 aromatic carbocycles. The maximum absolute atomic E-state index is 13.1. The molecule has 0 unspecified atom stereocenters. The molecule has 1 aliphatic heterocycles. The number of rotatable bonds is 3. The molecule has 5 heteroatoms. The lowest BCUT2D eigenvalue weighted by Crippen LogP contribution is -2.49. The highest BCUT2D eigenvalue weighted by Crippen LogP contribution is 2.12. The molecular weight excluding hydrogens is 293 g/mol. The zero-order valence-corrected chi connectivity index (χ0v) is 12.9. The SMILES string of the molecule is O=C(Nc1cccc(F)c1)N1CCN(Cc2ccccc2)CC1. The second-order valence-electron chi connectivity index (χ2n) is 5.69. The van der Waals surface area contributed by atoms with E-state index in [1.54, 1.807) is 17.0 Å². The van der Waals surface area contributed by atoms with Crippen molar-refractivity contribution in [3.8, 4) is 0 Å². The van der Waals surface area contributed by atoms with E-state index in [9.17, 15) is 9.18 Å². The van der Waals surface area contributed by atoms with E-state index >= 15 is 0 Å². The number of urea groups is 1. The van der Waals surface area contributed by atoms with Crippen LogP contribution in [0.3, 0.4) is 0 Å². The molecule has 2 amide bonds. The molecule has 1 fully saturated rings. The number of amides is 2. The summed E-state index contributed by atoms with van der Waals surface area (Å²) in [5.74, 6) is -0.351. The van der Waals surface area contributed by atoms with Crippen molar-refractivity contribution in [1.29, 1.82) is 0 Å². The number of hydrogen-bond donors (Lipinski definition) is 1. The molecule has 2 aromatic rings. The number of carbonyl (C=O) groups excluding carboxylic acids is 1. The second-order valence-corrected chi connectivity index (χ2v) is 5.69. The normalized spacial score (nSPS) is 15.4. The van der Waals surface area contributed by atoms with Gasteiger partial charge in [-0.25, -0.2) is 9.18 Å². The van der Waals surface area contributed by atoms with Crippen LogP contribution >= 0.6 is 0 Å². The molecule has 1 saturated heterocycles. The Morgan fingerprint density at radius 3 is 2.43 bits per heavy atom. The molecule has 4 nitrogen and oxygen atoms in total. The standard InChI is InChI=1S/C18H20FN3O/c19-16-7-4-8-17(13-16)20-18(23)22-11-9-21(10-12-22)14-15-5-2-1-3-6-15/h1-8,13H,9-12,14H2,(H,20,23). The Morgan fingerprint density at radius 1 is 1.00 bits per heavy atom. The van der Waals surface area contributed by atoms with Gasteiger partial charge in [0.2, 0.25) is 0 Å². The fraction of sp³-hybridized carbons (Fsp3) is 0.278. The molecule has 23 heavy (non-hydrogen) atoms. The van der Waals surface area contributed by atoms with Crippen molar-refractivity contribution in [2.75, 3.05) is 31.5 Å². The number of piperazine rings is 1. The molecule has 0 atom stereocenters. The highest BCUT2D eigenvalue weighted by Gasteiger charge is 2.21. The smallest absolute Gasteiger partial charge is 0.321 e. The van der Waals surface area contributed by atoms with Crippen molar-refractivity contribution < 1.29 is 9.18 Å². The van der Waals surface area contributed by atoms with Crippen molar-refractivity contribution in [1.82, 2.24) is 9.80 Å². The van der Waals surface area contributed by atoms with E-state index in [0.717, 1.165) is 19.6 Å². The Morgan fingerprint density at radius 2 is 1.74 bits per heavy atom. The zero-order valence-electron chi connectivity index (χ0n) is 12.9. The third-order valence-electron chi connectivity index (χ3n) is 3.98. The van der Waals surface area contributed by atoms with Gasteiger partial charge in [-0.1, -0.05) is 36.4 Å². The van der Waals surface area contributed by atoms with E-state index in [2.05, 4.69) is 22.3 Å². The van der Waals surface area contributed by atoms with Gasteiger partial charge in [0.05, 0.1) is 0 Å².